The van der Waals surface area contributed by atoms with Gasteiger partial charge in [-0.3, -0.25) is 9.29 Å². The number of aryl methyl sites for hydroxylation is 1. The lowest BCUT2D eigenvalue weighted by atomic mass is 10.1. The molecule has 4 rings (SSSR count). The zero-order chi connectivity index (χ0) is 18.3. The summed E-state index contributed by atoms with van der Waals surface area (Å²) in [6, 6.07) is 11.2. The highest BCUT2D eigenvalue weighted by Crippen LogP contribution is 2.24. The smallest absolute Gasteiger partial charge is 0.408 e. The van der Waals surface area contributed by atoms with Gasteiger partial charge >= 0.3 is 5.76 Å². The lowest BCUT2D eigenvalue weighted by molar-refractivity contribution is 0.527. The number of fused-ring (bicyclic) bond motifs is 1. The number of sulfonamides is 1. The Bertz CT molecular complexity index is 1250. The minimum Gasteiger partial charge on any atom is -0.408 e. The monoisotopic (exact) mass is 370 g/mol. The van der Waals surface area contributed by atoms with Crippen molar-refractivity contribution in [2.75, 3.05) is 4.72 Å². The summed E-state index contributed by atoms with van der Waals surface area (Å²) in [7, 11) is -2.28. The zero-order valence-corrected chi connectivity index (χ0v) is 14.4. The minimum atomic E-state index is -3.84. The third kappa shape index (κ3) is 2.78. The molecule has 2 N–H and O–H groups in total. The van der Waals surface area contributed by atoms with E-state index in [2.05, 4.69) is 14.7 Å². The van der Waals surface area contributed by atoms with Crippen LogP contribution in [0.1, 0.15) is 0 Å². The number of aromatic nitrogens is 3. The van der Waals surface area contributed by atoms with Crippen molar-refractivity contribution in [3.05, 3.63) is 65.5 Å². The van der Waals surface area contributed by atoms with Gasteiger partial charge in [-0.2, -0.15) is 0 Å². The van der Waals surface area contributed by atoms with Gasteiger partial charge in [0.25, 0.3) is 10.0 Å². The highest BCUT2D eigenvalue weighted by molar-refractivity contribution is 7.92. The Labute approximate surface area is 148 Å². The number of rotatable bonds is 4. The Kier molecular flexibility index (Phi) is 3.66. The number of nitrogens with one attached hydrogen (secondary N) is 2. The first kappa shape index (κ1) is 16.2. The van der Waals surface area contributed by atoms with Gasteiger partial charge < -0.3 is 9.40 Å². The molecule has 0 aliphatic carbocycles. The van der Waals surface area contributed by atoms with E-state index in [0.29, 0.717) is 11.2 Å². The average Bonchev–Trinajstić information content (AvgIpc) is 3.24. The normalized spacial score (nSPS) is 11.7. The largest absolute Gasteiger partial charge is 0.419 e. The van der Waals surface area contributed by atoms with E-state index >= 15 is 0 Å². The molecular formula is C17H14N4O4S. The number of anilines is 1. The number of hydrogen-bond donors (Lipinski definition) is 2. The van der Waals surface area contributed by atoms with E-state index in [9.17, 15) is 13.2 Å². The summed E-state index contributed by atoms with van der Waals surface area (Å²) < 4.78 is 34.3. The fraction of sp³-hybridized carbons (Fsp3) is 0.0588. The van der Waals surface area contributed by atoms with E-state index in [4.69, 9.17) is 4.42 Å². The fourth-order valence-corrected chi connectivity index (χ4v) is 3.72. The Hall–Kier alpha value is -3.33. The number of hydrogen-bond acceptors (Lipinski definition) is 5. The summed E-state index contributed by atoms with van der Waals surface area (Å²) in [6.07, 6.45) is 3.20. The molecule has 26 heavy (non-hydrogen) atoms. The summed E-state index contributed by atoms with van der Waals surface area (Å²) in [5.74, 6) is -0.547. The first-order valence-electron chi connectivity index (χ1n) is 7.65. The first-order valence-corrected chi connectivity index (χ1v) is 9.13. The number of nitrogens with zero attached hydrogens (tertiary/aromatic N) is 2. The van der Waals surface area contributed by atoms with E-state index in [0.717, 1.165) is 11.3 Å². The lowest BCUT2D eigenvalue weighted by Crippen LogP contribution is -2.13. The van der Waals surface area contributed by atoms with Crippen molar-refractivity contribution in [1.29, 1.82) is 0 Å². The van der Waals surface area contributed by atoms with Crippen molar-refractivity contribution in [2.24, 2.45) is 7.05 Å². The molecule has 0 radical (unpaired) electrons. The molecule has 9 heteroatoms. The second-order valence-corrected chi connectivity index (χ2v) is 7.39. The van der Waals surface area contributed by atoms with Crippen LogP contribution in [0.2, 0.25) is 0 Å². The predicted octanol–water partition coefficient (Wildman–Crippen LogP) is 2.32. The molecule has 0 unspecified atom stereocenters. The topological polar surface area (TPSA) is 110 Å². The Morgan fingerprint density at radius 1 is 1.19 bits per heavy atom. The van der Waals surface area contributed by atoms with Crippen molar-refractivity contribution >= 4 is 26.8 Å². The van der Waals surface area contributed by atoms with Crippen molar-refractivity contribution in [1.82, 2.24) is 14.5 Å². The second kappa shape index (κ2) is 5.88. The van der Waals surface area contributed by atoms with Gasteiger partial charge in [-0.1, -0.05) is 12.1 Å². The second-order valence-electron chi connectivity index (χ2n) is 5.71. The molecule has 0 atom stereocenters. The Morgan fingerprint density at radius 2 is 2.04 bits per heavy atom. The standard InChI is InChI=1S/C17H14N4O4S/c1-21-15-6-5-13(8-16(15)25-17(21)22)26(23,24)20-12-4-2-3-11(7-12)14-9-18-10-19-14/h2-10,20H,1H3,(H,18,19). The maximum Gasteiger partial charge on any atom is 0.419 e. The summed E-state index contributed by atoms with van der Waals surface area (Å²) >= 11 is 0. The van der Waals surface area contributed by atoms with Crippen LogP contribution in [0.5, 0.6) is 0 Å². The number of oxazole rings is 1. The van der Waals surface area contributed by atoms with E-state index in [1.807, 2.05) is 6.07 Å². The van der Waals surface area contributed by atoms with Crippen LogP contribution in [0, 0.1) is 0 Å². The minimum absolute atomic E-state index is 0.00583. The van der Waals surface area contributed by atoms with Crippen LogP contribution < -0.4 is 10.5 Å². The molecule has 8 nitrogen and oxygen atoms in total. The summed E-state index contributed by atoms with van der Waals surface area (Å²) in [6.45, 7) is 0. The molecule has 2 heterocycles. The van der Waals surface area contributed by atoms with Gasteiger partial charge in [0, 0.05) is 24.4 Å². The van der Waals surface area contributed by atoms with Crippen LogP contribution in [0.25, 0.3) is 22.4 Å². The van der Waals surface area contributed by atoms with E-state index < -0.39 is 15.8 Å². The molecule has 0 aliphatic heterocycles. The van der Waals surface area contributed by atoms with Gasteiger partial charge in [-0.15, -0.1) is 0 Å². The number of imidazole rings is 1. The van der Waals surface area contributed by atoms with Crippen molar-refractivity contribution in [3.8, 4) is 11.3 Å². The number of benzene rings is 2. The van der Waals surface area contributed by atoms with E-state index in [1.54, 1.807) is 37.8 Å². The molecule has 132 valence electrons. The van der Waals surface area contributed by atoms with Crippen LogP contribution in [-0.2, 0) is 17.1 Å². The highest BCUT2D eigenvalue weighted by Gasteiger charge is 2.17. The molecule has 0 spiro atoms. The molecule has 0 bridgehead atoms. The molecule has 0 saturated heterocycles. The molecule has 0 amide bonds. The Balaban J connectivity index is 1.69. The Morgan fingerprint density at radius 3 is 2.81 bits per heavy atom. The molecule has 0 aliphatic rings. The quantitative estimate of drug-likeness (QED) is 0.573. The molecule has 4 aromatic rings. The number of aromatic amines is 1. The van der Waals surface area contributed by atoms with Crippen LogP contribution >= 0.6 is 0 Å². The molecule has 0 fully saturated rings. The molecule has 0 saturated carbocycles. The first-order chi connectivity index (χ1) is 12.4. The SMILES string of the molecule is Cn1c(=O)oc2cc(S(=O)(=O)Nc3cccc(-c4cnc[nH]4)c3)ccc21. The van der Waals surface area contributed by atoms with Crippen LogP contribution in [0.4, 0.5) is 5.69 Å². The summed E-state index contributed by atoms with van der Waals surface area (Å²) in [5, 5.41) is 0. The van der Waals surface area contributed by atoms with Crippen LogP contribution in [0.15, 0.2) is 69.1 Å². The lowest BCUT2D eigenvalue weighted by Gasteiger charge is -2.09. The van der Waals surface area contributed by atoms with E-state index in [-0.39, 0.29) is 10.5 Å². The van der Waals surface area contributed by atoms with Crippen molar-refractivity contribution in [3.63, 3.8) is 0 Å². The molecule has 2 aromatic heterocycles. The zero-order valence-electron chi connectivity index (χ0n) is 13.6. The van der Waals surface area contributed by atoms with Gasteiger partial charge in [-0.05, 0) is 24.3 Å². The van der Waals surface area contributed by atoms with E-state index in [1.165, 1.54) is 22.8 Å². The number of H-pyrrole nitrogens is 1. The summed E-state index contributed by atoms with van der Waals surface area (Å²) in [4.78, 5) is 18.5. The van der Waals surface area contributed by atoms with Crippen molar-refractivity contribution in [2.45, 2.75) is 4.90 Å². The highest BCUT2D eigenvalue weighted by atomic mass is 32.2. The average molecular weight is 370 g/mol. The molecule has 2 aromatic carbocycles. The van der Waals surface area contributed by atoms with Gasteiger partial charge in [0.05, 0.1) is 28.6 Å². The fourth-order valence-electron chi connectivity index (χ4n) is 2.66. The van der Waals surface area contributed by atoms with Crippen molar-refractivity contribution < 1.29 is 12.8 Å². The maximum atomic E-state index is 12.7. The van der Waals surface area contributed by atoms with Gasteiger partial charge in [0.1, 0.15) is 0 Å². The summed E-state index contributed by atoms with van der Waals surface area (Å²) in [5.41, 5.74) is 2.72. The van der Waals surface area contributed by atoms with Crippen LogP contribution in [-0.4, -0.2) is 23.0 Å². The van der Waals surface area contributed by atoms with Crippen LogP contribution in [0.3, 0.4) is 0 Å². The van der Waals surface area contributed by atoms with Gasteiger partial charge in [0.15, 0.2) is 5.58 Å². The van der Waals surface area contributed by atoms with Gasteiger partial charge in [0.2, 0.25) is 0 Å². The molecular weight excluding hydrogens is 356 g/mol. The maximum absolute atomic E-state index is 12.7. The third-order valence-corrected chi connectivity index (χ3v) is 5.38. The predicted molar refractivity (Wildman–Crippen MR) is 96.3 cm³/mol. The van der Waals surface area contributed by atoms with Gasteiger partial charge in [-0.25, -0.2) is 18.2 Å². The third-order valence-electron chi connectivity index (χ3n) is 4.00.